The molecule has 4 aromatic rings. The zero-order valence-electron chi connectivity index (χ0n) is 20.9. The Morgan fingerprint density at radius 3 is 2.71 bits per heavy atom. The lowest BCUT2D eigenvalue weighted by Gasteiger charge is -2.35. The summed E-state index contributed by atoms with van der Waals surface area (Å²) in [5, 5.41) is 7.52. The molecule has 0 amide bonds. The van der Waals surface area contributed by atoms with Crippen LogP contribution in [0.15, 0.2) is 55.0 Å². The molecule has 0 unspecified atom stereocenters. The first-order chi connectivity index (χ1) is 18.3. The van der Waals surface area contributed by atoms with Crippen molar-refractivity contribution in [1.29, 1.82) is 0 Å². The smallest absolute Gasteiger partial charge is 0.162 e. The second-order valence-corrected chi connectivity index (χ2v) is 12.2. The molecule has 2 N–H and O–H groups in total. The first kappa shape index (κ1) is 24.6. The zero-order valence-corrected chi connectivity index (χ0v) is 21.7. The molecule has 1 aliphatic heterocycles. The van der Waals surface area contributed by atoms with Gasteiger partial charge in [0.1, 0.15) is 27.3 Å². The Bertz CT molecular complexity index is 1590. The van der Waals surface area contributed by atoms with Crippen molar-refractivity contribution in [3.8, 4) is 11.4 Å². The molecule has 4 heterocycles. The summed E-state index contributed by atoms with van der Waals surface area (Å²) in [6.07, 6.45) is 8.86. The quantitative estimate of drug-likeness (QED) is 0.367. The lowest BCUT2D eigenvalue weighted by molar-refractivity contribution is 0.479. The van der Waals surface area contributed by atoms with E-state index in [4.69, 9.17) is 9.97 Å². The number of benzene rings is 1. The fraction of sp³-hybridized carbons (Fsp3) is 0.333. The van der Waals surface area contributed by atoms with Gasteiger partial charge in [0.2, 0.25) is 0 Å². The molecular formula is C27H28FN7O2S. The van der Waals surface area contributed by atoms with Crippen LogP contribution in [0.3, 0.4) is 0 Å². The molecule has 0 radical (unpaired) electrons. The maximum absolute atomic E-state index is 13.3. The average molecular weight is 534 g/mol. The van der Waals surface area contributed by atoms with Crippen molar-refractivity contribution in [2.45, 2.75) is 24.8 Å². The maximum atomic E-state index is 13.3. The Balaban J connectivity index is 1.41. The van der Waals surface area contributed by atoms with Crippen molar-refractivity contribution in [2.24, 2.45) is 0 Å². The third-order valence-corrected chi connectivity index (χ3v) is 7.84. The number of sulfone groups is 1. The summed E-state index contributed by atoms with van der Waals surface area (Å²) in [6, 6.07) is 9.60. The monoisotopic (exact) mass is 533 g/mol. The van der Waals surface area contributed by atoms with Crippen LogP contribution in [-0.2, 0) is 9.84 Å². The first-order valence-corrected chi connectivity index (χ1v) is 14.7. The van der Waals surface area contributed by atoms with E-state index in [1.165, 1.54) is 18.4 Å². The first-order valence-electron chi connectivity index (χ1n) is 12.6. The number of aromatic nitrogens is 4. The van der Waals surface area contributed by atoms with Gasteiger partial charge in [-0.2, -0.15) is 0 Å². The van der Waals surface area contributed by atoms with E-state index < -0.39 is 9.84 Å². The van der Waals surface area contributed by atoms with Crippen LogP contribution in [0.25, 0.3) is 22.3 Å². The molecule has 11 heteroatoms. The largest absolute Gasteiger partial charge is 0.353 e. The highest BCUT2D eigenvalue weighted by Crippen LogP contribution is 2.45. The maximum Gasteiger partial charge on any atom is 0.162 e. The molecule has 1 saturated heterocycles. The molecule has 2 fully saturated rings. The van der Waals surface area contributed by atoms with Gasteiger partial charge >= 0.3 is 0 Å². The summed E-state index contributed by atoms with van der Waals surface area (Å²) in [5.41, 5.74) is 3.40. The average Bonchev–Trinajstić information content (AvgIpc) is 3.74. The number of nitrogens with zero attached hydrogens (tertiary/aromatic N) is 5. The van der Waals surface area contributed by atoms with E-state index in [9.17, 15) is 12.8 Å². The van der Waals surface area contributed by atoms with Crippen molar-refractivity contribution in [1.82, 2.24) is 25.3 Å². The molecular weight excluding hydrogens is 505 g/mol. The second-order valence-electron chi connectivity index (χ2n) is 10.0. The Kier molecular flexibility index (Phi) is 6.40. The van der Waals surface area contributed by atoms with Gasteiger partial charge in [0, 0.05) is 61.0 Å². The number of halogens is 1. The van der Waals surface area contributed by atoms with Crippen LogP contribution in [0.4, 0.5) is 21.7 Å². The third-order valence-electron chi connectivity index (χ3n) is 6.83. The van der Waals surface area contributed by atoms with Crippen LogP contribution in [0.5, 0.6) is 0 Å². The van der Waals surface area contributed by atoms with Crippen LogP contribution in [0.1, 0.15) is 24.3 Å². The van der Waals surface area contributed by atoms with E-state index >= 15 is 0 Å². The number of nitrogens with one attached hydrogen (secondary N) is 2. The summed E-state index contributed by atoms with van der Waals surface area (Å²) in [6.45, 7) is 1.89. The number of hydrogen-bond acceptors (Lipinski definition) is 9. The Hall–Kier alpha value is -3.70. The Labute approximate surface area is 220 Å². The predicted octanol–water partition coefficient (Wildman–Crippen LogP) is 3.67. The van der Waals surface area contributed by atoms with Crippen LogP contribution < -0.4 is 15.5 Å². The van der Waals surface area contributed by atoms with Gasteiger partial charge in [-0.3, -0.25) is 4.98 Å². The van der Waals surface area contributed by atoms with Crippen LogP contribution >= 0.6 is 0 Å². The molecule has 1 aromatic carbocycles. The standard InChI is InChI=1S/C27H28FN7O2S/c1-38(36,37)16-21-15-35(11-10-30-21)27-25-22(17-2-3-17)13-29-14-23(25)33-26(34-27)18-8-9-31-24(12-18)32-20-6-4-19(28)5-7-20/h4-9,12-14,17,21,30H,2-3,10-11,15-16H2,1H3,(H,31,32)/t21-/m1/s1. The number of pyridine rings is 2. The Morgan fingerprint density at radius 2 is 1.95 bits per heavy atom. The SMILES string of the molecule is CS(=O)(=O)C[C@H]1CN(c2nc(-c3ccnc(Nc4ccc(F)cc4)c3)nc3cncc(C4CC4)c23)CCN1. The fourth-order valence-electron chi connectivity index (χ4n) is 4.96. The van der Waals surface area contributed by atoms with Crippen LogP contribution in [0, 0.1) is 5.82 Å². The Morgan fingerprint density at radius 1 is 1.13 bits per heavy atom. The number of anilines is 3. The molecule has 9 nitrogen and oxygen atoms in total. The fourth-order valence-corrected chi connectivity index (χ4v) is 5.92. The predicted molar refractivity (Wildman–Crippen MR) is 146 cm³/mol. The lowest BCUT2D eigenvalue weighted by atomic mass is 10.1. The van der Waals surface area contributed by atoms with Crippen molar-refractivity contribution >= 4 is 38.1 Å². The highest BCUT2D eigenvalue weighted by Gasteiger charge is 2.31. The van der Waals surface area contributed by atoms with Crippen molar-refractivity contribution < 1.29 is 12.8 Å². The molecule has 196 valence electrons. The summed E-state index contributed by atoms with van der Waals surface area (Å²) < 4.78 is 37.3. The minimum atomic E-state index is -3.13. The van der Waals surface area contributed by atoms with E-state index in [0.29, 0.717) is 42.9 Å². The number of piperazine rings is 1. The van der Waals surface area contributed by atoms with E-state index in [-0.39, 0.29) is 17.6 Å². The highest BCUT2D eigenvalue weighted by atomic mass is 32.2. The number of rotatable bonds is 7. The van der Waals surface area contributed by atoms with Gasteiger partial charge in [0.15, 0.2) is 5.82 Å². The molecule has 2 aliphatic rings. The molecule has 1 saturated carbocycles. The van der Waals surface area contributed by atoms with E-state index in [0.717, 1.165) is 40.7 Å². The number of hydrogen-bond donors (Lipinski definition) is 2. The minimum Gasteiger partial charge on any atom is -0.353 e. The molecule has 6 rings (SSSR count). The molecule has 3 aromatic heterocycles. The molecule has 0 spiro atoms. The van der Waals surface area contributed by atoms with E-state index in [1.807, 2.05) is 18.3 Å². The van der Waals surface area contributed by atoms with Crippen molar-refractivity contribution in [3.05, 3.63) is 66.4 Å². The van der Waals surface area contributed by atoms with Gasteiger partial charge in [0.25, 0.3) is 0 Å². The van der Waals surface area contributed by atoms with Gasteiger partial charge in [-0.25, -0.2) is 27.8 Å². The van der Waals surface area contributed by atoms with E-state index in [2.05, 4.69) is 25.5 Å². The van der Waals surface area contributed by atoms with Gasteiger partial charge in [0.05, 0.1) is 17.5 Å². The highest BCUT2D eigenvalue weighted by molar-refractivity contribution is 7.90. The summed E-state index contributed by atoms with van der Waals surface area (Å²) in [7, 11) is -3.13. The van der Waals surface area contributed by atoms with E-state index in [1.54, 1.807) is 24.5 Å². The third kappa shape index (κ3) is 5.44. The molecule has 0 bridgehead atoms. The van der Waals surface area contributed by atoms with Gasteiger partial charge < -0.3 is 15.5 Å². The molecule has 1 aliphatic carbocycles. The van der Waals surface area contributed by atoms with Crippen LogP contribution in [-0.4, -0.2) is 66.0 Å². The summed E-state index contributed by atoms with van der Waals surface area (Å²) in [4.78, 5) is 21.0. The van der Waals surface area contributed by atoms with Gasteiger partial charge in [-0.1, -0.05) is 0 Å². The second kappa shape index (κ2) is 9.88. The normalized spacial score (nSPS) is 18.1. The topological polar surface area (TPSA) is 113 Å². The zero-order chi connectivity index (χ0) is 26.3. The minimum absolute atomic E-state index is 0.0686. The van der Waals surface area contributed by atoms with Crippen molar-refractivity contribution in [3.63, 3.8) is 0 Å². The summed E-state index contributed by atoms with van der Waals surface area (Å²) in [5.74, 6) is 2.13. The summed E-state index contributed by atoms with van der Waals surface area (Å²) >= 11 is 0. The van der Waals surface area contributed by atoms with Crippen molar-refractivity contribution in [2.75, 3.05) is 41.9 Å². The molecule has 1 atom stereocenters. The van der Waals surface area contributed by atoms with Gasteiger partial charge in [-0.15, -0.1) is 0 Å². The van der Waals surface area contributed by atoms with Gasteiger partial charge in [-0.05, 0) is 60.7 Å². The molecule has 38 heavy (non-hydrogen) atoms. The number of fused-ring (bicyclic) bond motifs is 1. The lowest BCUT2D eigenvalue weighted by Crippen LogP contribution is -2.53. The van der Waals surface area contributed by atoms with Crippen LogP contribution in [0.2, 0.25) is 0 Å².